The van der Waals surface area contributed by atoms with Gasteiger partial charge in [-0.05, 0) is 38.1 Å². The van der Waals surface area contributed by atoms with Crippen LogP contribution in [0, 0.1) is 0 Å². The highest BCUT2D eigenvalue weighted by atomic mass is 16.5. The molecule has 1 aromatic carbocycles. The number of piperidine rings is 1. The van der Waals surface area contributed by atoms with E-state index in [0.29, 0.717) is 18.5 Å². The van der Waals surface area contributed by atoms with Crippen LogP contribution in [0.1, 0.15) is 12.8 Å². The summed E-state index contributed by atoms with van der Waals surface area (Å²) in [6.45, 7) is 1.40. The molecule has 2 rings (SSSR count). The second kappa shape index (κ2) is 7.19. The zero-order valence-electron chi connectivity index (χ0n) is 12.1. The molecule has 3 N–H and O–H groups in total. The fraction of sp³-hybridized carbons (Fsp3) is 0.467. The van der Waals surface area contributed by atoms with Crippen LogP contribution in [-0.2, 0) is 14.3 Å². The number of benzene rings is 1. The van der Waals surface area contributed by atoms with Gasteiger partial charge in [-0.15, -0.1) is 0 Å². The van der Waals surface area contributed by atoms with E-state index >= 15 is 0 Å². The number of methoxy groups -OCH3 is 1. The number of hydrogen-bond donors (Lipinski definition) is 3. The summed E-state index contributed by atoms with van der Waals surface area (Å²) >= 11 is 0. The first kappa shape index (κ1) is 15.5. The summed E-state index contributed by atoms with van der Waals surface area (Å²) in [4.78, 5) is 24.1. The van der Waals surface area contributed by atoms with Gasteiger partial charge in [0.05, 0.1) is 6.54 Å². The number of carbonyl (C=O) groups is 2. The Kier molecular flexibility index (Phi) is 5.30. The zero-order chi connectivity index (χ0) is 15.1. The summed E-state index contributed by atoms with van der Waals surface area (Å²) in [6.07, 6.45) is 1.21. The number of carbonyl (C=O) groups excluding carboxylic acids is 2. The molecule has 0 unspecified atom stereocenters. The lowest BCUT2D eigenvalue weighted by molar-refractivity contribution is -0.147. The number of rotatable bonds is 5. The molecule has 0 aliphatic carbocycles. The molecule has 6 heteroatoms. The van der Waals surface area contributed by atoms with Crippen LogP contribution in [0.4, 0.5) is 5.69 Å². The highest BCUT2D eigenvalue weighted by Gasteiger charge is 2.39. The topological polar surface area (TPSA) is 79.5 Å². The maximum Gasteiger partial charge on any atom is 0.252 e. The third-order valence-corrected chi connectivity index (χ3v) is 3.68. The molecule has 1 fully saturated rings. The van der Waals surface area contributed by atoms with Crippen LogP contribution in [-0.4, -0.2) is 44.2 Å². The Labute approximate surface area is 124 Å². The van der Waals surface area contributed by atoms with Gasteiger partial charge in [0.1, 0.15) is 5.60 Å². The highest BCUT2D eigenvalue weighted by Crippen LogP contribution is 2.22. The van der Waals surface area contributed by atoms with E-state index in [-0.39, 0.29) is 18.4 Å². The monoisotopic (exact) mass is 291 g/mol. The molecule has 0 saturated carbocycles. The molecule has 6 nitrogen and oxygen atoms in total. The van der Waals surface area contributed by atoms with E-state index in [1.807, 2.05) is 18.2 Å². The Morgan fingerprint density at radius 3 is 2.52 bits per heavy atom. The number of anilines is 1. The molecule has 0 bridgehead atoms. The summed E-state index contributed by atoms with van der Waals surface area (Å²) in [5.74, 6) is -0.482. The summed E-state index contributed by atoms with van der Waals surface area (Å²) in [5, 5.41) is 8.57. The average molecular weight is 291 g/mol. The van der Waals surface area contributed by atoms with Crippen molar-refractivity contribution in [2.24, 2.45) is 0 Å². The Bertz CT molecular complexity index is 484. The van der Waals surface area contributed by atoms with Crippen molar-refractivity contribution in [3.05, 3.63) is 30.3 Å². The fourth-order valence-electron chi connectivity index (χ4n) is 2.40. The summed E-state index contributed by atoms with van der Waals surface area (Å²) in [5.41, 5.74) is -0.113. The predicted molar refractivity (Wildman–Crippen MR) is 79.9 cm³/mol. The maximum absolute atomic E-state index is 12.3. The first-order valence-corrected chi connectivity index (χ1v) is 7.05. The van der Waals surface area contributed by atoms with Crippen LogP contribution < -0.4 is 16.0 Å². The summed E-state index contributed by atoms with van der Waals surface area (Å²) in [7, 11) is 1.54. The van der Waals surface area contributed by atoms with Crippen molar-refractivity contribution in [1.82, 2.24) is 10.6 Å². The largest absolute Gasteiger partial charge is 0.368 e. The lowest BCUT2D eigenvalue weighted by atomic mass is 9.91. The molecule has 1 aliphatic rings. The maximum atomic E-state index is 12.3. The molecular weight excluding hydrogens is 270 g/mol. The third kappa shape index (κ3) is 4.03. The van der Waals surface area contributed by atoms with Gasteiger partial charge in [-0.25, -0.2) is 0 Å². The Balaban J connectivity index is 1.84. The minimum Gasteiger partial charge on any atom is -0.368 e. The van der Waals surface area contributed by atoms with E-state index in [4.69, 9.17) is 4.74 Å². The molecule has 0 spiro atoms. The van der Waals surface area contributed by atoms with Crippen LogP contribution in [0.25, 0.3) is 0 Å². The van der Waals surface area contributed by atoms with E-state index in [1.165, 1.54) is 7.11 Å². The Morgan fingerprint density at radius 2 is 1.90 bits per heavy atom. The number of para-hydroxylation sites is 1. The molecular formula is C15H21N3O3. The zero-order valence-corrected chi connectivity index (χ0v) is 12.1. The van der Waals surface area contributed by atoms with Gasteiger partial charge in [0.2, 0.25) is 5.91 Å². The molecule has 0 atom stereocenters. The minimum atomic E-state index is -0.821. The molecule has 2 amide bonds. The van der Waals surface area contributed by atoms with Crippen molar-refractivity contribution in [3.63, 3.8) is 0 Å². The normalized spacial score (nSPS) is 17.0. The highest BCUT2D eigenvalue weighted by molar-refractivity contribution is 5.95. The SMILES string of the molecule is COC1(C(=O)NCC(=O)Nc2ccccc2)CCNCC1. The van der Waals surface area contributed by atoms with E-state index in [1.54, 1.807) is 12.1 Å². The predicted octanol–water partition coefficient (Wildman–Crippen LogP) is 0.510. The molecule has 1 heterocycles. The van der Waals surface area contributed by atoms with Gasteiger partial charge in [-0.2, -0.15) is 0 Å². The fourth-order valence-corrected chi connectivity index (χ4v) is 2.40. The number of ether oxygens (including phenoxy) is 1. The molecule has 21 heavy (non-hydrogen) atoms. The average Bonchev–Trinajstić information content (AvgIpc) is 2.54. The van der Waals surface area contributed by atoms with Gasteiger partial charge >= 0.3 is 0 Å². The minimum absolute atomic E-state index is 0.0632. The number of nitrogens with one attached hydrogen (secondary N) is 3. The van der Waals surface area contributed by atoms with Crippen molar-refractivity contribution < 1.29 is 14.3 Å². The van der Waals surface area contributed by atoms with Gasteiger partial charge in [-0.3, -0.25) is 9.59 Å². The first-order chi connectivity index (χ1) is 10.2. The van der Waals surface area contributed by atoms with Crippen LogP contribution in [0.2, 0.25) is 0 Å². The molecule has 0 aromatic heterocycles. The van der Waals surface area contributed by atoms with Crippen LogP contribution in [0.5, 0.6) is 0 Å². The van der Waals surface area contributed by atoms with Crippen molar-refractivity contribution >= 4 is 17.5 Å². The van der Waals surface area contributed by atoms with Gasteiger partial charge in [0.15, 0.2) is 0 Å². The first-order valence-electron chi connectivity index (χ1n) is 7.05. The molecule has 1 saturated heterocycles. The summed E-state index contributed by atoms with van der Waals surface area (Å²) < 4.78 is 5.41. The second-order valence-electron chi connectivity index (χ2n) is 5.05. The van der Waals surface area contributed by atoms with Gasteiger partial charge in [0.25, 0.3) is 5.91 Å². The lowest BCUT2D eigenvalue weighted by Gasteiger charge is -2.34. The van der Waals surface area contributed by atoms with Crippen molar-refractivity contribution in [2.75, 3.05) is 32.1 Å². The third-order valence-electron chi connectivity index (χ3n) is 3.68. The Hall–Kier alpha value is -1.92. The van der Waals surface area contributed by atoms with Crippen LogP contribution >= 0.6 is 0 Å². The van der Waals surface area contributed by atoms with Gasteiger partial charge in [-0.1, -0.05) is 18.2 Å². The number of hydrogen-bond acceptors (Lipinski definition) is 4. The quantitative estimate of drug-likeness (QED) is 0.738. The van der Waals surface area contributed by atoms with Crippen LogP contribution in [0.15, 0.2) is 30.3 Å². The smallest absolute Gasteiger partial charge is 0.252 e. The van der Waals surface area contributed by atoms with Crippen molar-refractivity contribution in [1.29, 1.82) is 0 Å². The van der Waals surface area contributed by atoms with Crippen LogP contribution in [0.3, 0.4) is 0 Å². The van der Waals surface area contributed by atoms with E-state index in [2.05, 4.69) is 16.0 Å². The van der Waals surface area contributed by atoms with Gasteiger partial charge < -0.3 is 20.7 Å². The van der Waals surface area contributed by atoms with E-state index in [0.717, 1.165) is 13.1 Å². The number of amides is 2. The van der Waals surface area contributed by atoms with Gasteiger partial charge in [0, 0.05) is 12.8 Å². The second-order valence-corrected chi connectivity index (χ2v) is 5.05. The molecule has 0 radical (unpaired) electrons. The van der Waals surface area contributed by atoms with E-state index < -0.39 is 5.60 Å². The van der Waals surface area contributed by atoms with Crippen molar-refractivity contribution in [2.45, 2.75) is 18.4 Å². The standard InChI is InChI=1S/C15H21N3O3/c1-21-15(7-9-16-10-8-15)14(20)17-11-13(19)18-12-5-3-2-4-6-12/h2-6,16H,7-11H2,1H3,(H,17,20)(H,18,19). The van der Waals surface area contributed by atoms with Crippen molar-refractivity contribution in [3.8, 4) is 0 Å². The van der Waals surface area contributed by atoms with E-state index in [9.17, 15) is 9.59 Å². The summed E-state index contributed by atoms with van der Waals surface area (Å²) in [6, 6.07) is 9.13. The molecule has 1 aliphatic heterocycles. The lowest BCUT2D eigenvalue weighted by Crippen LogP contribution is -2.55. The Morgan fingerprint density at radius 1 is 1.24 bits per heavy atom. The molecule has 114 valence electrons. The molecule has 1 aromatic rings.